The lowest BCUT2D eigenvalue weighted by molar-refractivity contribution is 0.414. The third kappa shape index (κ3) is 3.44. The highest BCUT2D eigenvalue weighted by Gasteiger charge is 2.03. The summed E-state index contributed by atoms with van der Waals surface area (Å²) in [5.74, 6) is -0.355. The second-order valence-electron chi connectivity index (χ2n) is 4.31. The van der Waals surface area contributed by atoms with E-state index in [2.05, 4.69) is 5.32 Å². The van der Waals surface area contributed by atoms with Crippen LogP contribution in [-0.4, -0.2) is 7.11 Å². The predicted molar refractivity (Wildman–Crippen MR) is 71.4 cm³/mol. The SMILES string of the molecule is COc1ccc(NCc2cc(F)cc(F)c2)c(C)c1. The van der Waals surface area contributed by atoms with E-state index in [0.29, 0.717) is 12.1 Å². The van der Waals surface area contributed by atoms with Gasteiger partial charge < -0.3 is 10.1 Å². The van der Waals surface area contributed by atoms with Crippen LogP contribution < -0.4 is 10.1 Å². The molecule has 0 spiro atoms. The Bertz CT molecular complexity index is 564. The van der Waals surface area contributed by atoms with Crippen LogP contribution in [0.2, 0.25) is 0 Å². The van der Waals surface area contributed by atoms with Crippen LogP contribution in [0.25, 0.3) is 0 Å². The number of methoxy groups -OCH3 is 1. The summed E-state index contributed by atoms with van der Waals surface area (Å²) in [4.78, 5) is 0. The maximum atomic E-state index is 13.0. The minimum Gasteiger partial charge on any atom is -0.497 e. The van der Waals surface area contributed by atoms with E-state index in [1.54, 1.807) is 7.11 Å². The van der Waals surface area contributed by atoms with E-state index in [9.17, 15) is 8.78 Å². The van der Waals surface area contributed by atoms with E-state index in [1.807, 2.05) is 25.1 Å². The van der Waals surface area contributed by atoms with Gasteiger partial charge in [-0.1, -0.05) is 0 Å². The third-order valence-corrected chi connectivity index (χ3v) is 2.84. The standard InChI is InChI=1S/C15H15F2NO/c1-10-5-14(19-2)3-4-15(10)18-9-11-6-12(16)8-13(17)7-11/h3-8,18H,9H2,1-2H3. The lowest BCUT2D eigenvalue weighted by atomic mass is 10.1. The van der Waals surface area contributed by atoms with Crippen LogP contribution in [0.4, 0.5) is 14.5 Å². The maximum Gasteiger partial charge on any atom is 0.126 e. The predicted octanol–water partition coefficient (Wildman–Crippen LogP) is 3.89. The van der Waals surface area contributed by atoms with Crippen LogP contribution in [0.3, 0.4) is 0 Å². The van der Waals surface area contributed by atoms with Gasteiger partial charge in [-0.05, 0) is 48.4 Å². The number of hydrogen-bond acceptors (Lipinski definition) is 2. The highest BCUT2D eigenvalue weighted by atomic mass is 19.1. The van der Waals surface area contributed by atoms with Gasteiger partial charge >= 0.3 is 0 Å². The number of rotatable bonds is 4. The lowest BCUT2D eigenvalue weighted by Gasteiger charge is -2.11. The number of anilines is 1. The topological polar surface area (TPSA) is 21.3 Å². The molecule has 0 atom stereocenters. The molecule has 0 amide bonds. The van der Waals surface area contributed by atoms with Gasteiger partial charge in [0.25, 0.3) is 0 Å². The van der Waals surface area contributed by atoms with Gasteiger partial charge in [-0.15, -0.1) is 0 Å². The Labute approximate surface area is 111 Å². The van der Waals surface area contributed by atoms with E-state index in [1.165, 1.54) is 12.1 Å². The van der Waals surface area contributed by atoms with Crippen LogP contribution in [0, 0.1) is 18.6 Å². The molecule has 0 fully saturated rings. The monoisotopic (exact) mass is 263 g/mol. The fourth-order valence-electron chi connectivity index (χ4n) is 1.87. The van der Waals surface area contributed by atoms with E-state index >= 15 is 0 Å². The van der Waals surface area contributed by atoms with Gasteiger partial charge in [-0.3, -0.25) is 0 Å². The third-order valence-electron chi connectivity index (χ3n) is 2.84. The van der Waals surface area contributed by atoms with E-state index in [4.69, 9.17) is 4.74 Å². The molecule has 0 saturated heterocycles. The number of halogens is 2. The van der Waals surface area contributed by atoms with E-state index in [0.717, 1.165) is 23.1 Å². The van der Waals surface area contributed by atoms with Gasteiger partial charge in [-0.2, -0.15) is 0 Å². The van der Waals surface area contributed by atoms with Crippen molar-refractivity contribution in [3.8, 4) is 5.75 Å². The molecule has 2 aromatic carbocycles. The Morgan fingerprint density at radius 2 is 1.74 bits per heavy atom. The summed E-state index contributed by atoms with van der Waals surface area (Å²) in [5, 5.41) is 3.15. The van der Waals surface area contributed by atoms with Crippen LogP contribution in [0.5, 0.6) is 5.75 Å². The first-order valence-corrected chi connectivity index (χ1v) is 5.92. The summed E-state index contributed by atoms with van der Waals surface area (Å²) in [6.45, 7) is 2.30. The van der Waals surface area contributed by atoms with Crippen molar-refractivity contribution in [2.75, 3.05) is 12.4 Å². The first-order chi connectivity index (χ1) is 9.08. The molecule has 0 aliphatic rings. The van der Waals surface area contributed by atoms with Crippen LogP contribution in [0.1, 0.15) is 11.1 Å². The second-order valence-corrected chi connectivity index (χ2v) is 4.31. The molecular formula is C15H15F2NO. The minimum absolute atomic E-state index is 0.363. The van der Waals surface area contributed by atoms with Crippen molar-refractivity contribution in [2.24, 2.45) is 0 Å². The zero-order chi connectivity index (χ0) is 13.8. The Morgan fingerprint density at radius 3 is 2.32 bits per heavy atom. The normalized spacial score (nSPS) is 10.3. The Kier molecular flexibility index (Phi) is 4.00. The van der Waals surface area contributed by atoms with E-state index in [-0.39, 0.29) is 0 Å². The lowest BCUT2D eigenvalue weighted by Crippen LogP contribution is -2.02. The van der Waals surface area contributed by atoms with Gasteiger partial charge in [0.05, 0.1) is 7.11 Å². The summed E-state index contributed by atoms with van der Waals surface area (Å²) in [7, 11) is 1.61. The highest BCUT2D eigenvalue weighted by molar-refractivity contribution is 5.53. The Balaban J connectivity index is 2.10. The molecule has 2 aromatic rings. The molecule has 100 valence electrons. The number of hydrogen-bond donors (Lipinski definition) is 1. The second kappa shape index (κ2) is 5.69. The first kappa shape index (κ1) is 13.3. The summed E-state index contributed by atoms with van der Waals surface area (Å²) in [6.07, 6.45) is 0. The van der Waals surface area contributed by atoms with Crippen molar-refractivity contribution < 1.29 is 13.5 Å². The minimum atomic E-state index is -0.566. The Hall–Kier alpha value is -2.10. The fraction of sp³-hybridized carbons (Fsp3) is 0.200. The first-order valence-electron chi connectivity index (χ1n) is 5.92. The smallest absolute Gasteiger partial charge is 0.126 e. The zero-order valence-electron chi connectivity index (χ0n) is 10.8. The van der Waals surface area contributed by atoms with Gasteiger partial charge in [0.15, 0.2) is 0 Å². The molecule has 2 rings (SSSR count). The number of aryl methyl sites for hydroxylation is 1. The summed E-state index contributed by atoms with van der Waals surface area (Å²) in [5.41, 5.74) is 2.48. The molecule has 0 unspecified atom stereocenters. The molecule has 0 aromatic heterocycles. The number of ether oxygens (including phenoxy) is 1. The quantitative estimate of drug-likeness (QED) is 0.903. The van der Waals surface area contributed by atoms with Gasteiger partial charge in [0, 0.05) is 18.3 Å². The molecule has 0 heterocycles. The van der Waals surface area contributed by atoms with Crippen molar-refractivity contribution in [2.45, 2.75) is 13.5 Å². The number of nitrogens with one attached hydrogen (secondary N) is 1. The van der Waals surface area contributed by atoms with Gasteiger partial charge in [0.1, 0.15) is 17.4 Å². The molecule has 0 bridgehead atoms. The molecular weight excluding hydrogens is 248 g/mol. The van der Waals surface area contributed by atoms with Crippen LogP contribution in [-0.2, 0) is 6.54 Å². The molecule has 0 saturated carbocycles. The number of benzene rings is 2. The van der Waals surface area contributed by atoms with Crippen LogP contribution in [0.15, 0.2) is 36.4 Å². The maximum absolute atomic E-state index is 13.0. The van der Waals surface area contributed by atoms with Crippen molar-refractivity contribution in [1.29, 1.82) is 0 Å². The fourth-order valence-corrected chi connectivity index (χ4v) is 1.87. The zero-order valence-corrected chi connectivity index (χ0v) is 10.8. The van der Waals surface area contributed by atoms with Gasteiger partial charge in [-0.25, -0.2) is 8.78 Å². The van der Waals surface area contributed by atoms with Crippen molar-refractivity contribution in [3.05, 3.63) is 59.2 Å². The Morgan fingerprint density at radius 1 is 1.05 bits per heavy atom. The molecule has 2 nitrogen and oxygen atoms in total. The van der Waals surface area contributed by atoms with Crippen molar-refractivity contribution >= 4 is 5.69 Å². The van der Waals surface area contributed by atoms with Crippen molar-refractivity contribution in [3.63, 3.8) is 0 Å². The summed E-state index contributed by atoms with van der Waals surface area (Å²) in [6, 6.07) is 9.10. The van der Waals surface area contributed by atoms with Crippen LogP contribution >= 0.6 is 0 Å². The summed E-state index contributed by atoms with van der Waals surface area (Å²) >= 11 is 0. The van der Waals surface area contributed by atoms with E-state index < -0.39 is 11.6 Å². The highest BCUT2D eigenvalue weighted by Crippen LogP contribution is 2.21. The average molecular weight is 263 g/mol. The molecule has 0 aliphatic heterocycles. The molecule has 19 heavy (non-hydrogen) atoms. The average Bonchev–Trinajstić information content (AvgIpc) is 2.36. The summed E-state index contributed by atoms with van der Waals surface area (Å²) < 4.78 is 31.2. The van der Waals surface area contributed by atoms with Crippen molar-refractivity contribution in [1.82, 2.24) is 0 Å². The largest absolute Gasteiger partial charge is 0.497 e. The molecule has 0 aliphatic carbocycles. The molecule has 0 radical (unpaired) electrons. The molecule has 1 N–H and O–H groups in total. The van der Waals surface area contributed by atoms with Gasteiger partial charge in [0.2, 0.25) is 0 Å². The molecule has 4 heteroatoms.